The molecule has 0 saturated carbocycles. The van der Waals surface area contributed by atoms with Gasteiger partial charge in [0.1, 0.15) is 28.8 Å². The molecule has 1 N–H and O–H groups in total. The maximum Gasteiger partial charge on any atom is 0.339 e. The lowest BCUT2D eigenvalue weighted by Gasteiger charge is -2.09. The Balaban J connectivity index is 2.40. The lowest BCUT2D eigenvalue weighted by atomic mass is 10.1. The summed E-state index contributed by atoms with van der Waals surface area (Å²) in [6, 6.07) is 9.73. The first kappa shape index (κ1) is 12.6. The largest absolute Gasteiger partial charge is 0.478 e. The molecular weight excluding hydrogens is 244 g/mol. The highest BCUT2D eigenvalue weighted by Crippen LogP contribution is 2.26. The van der Waals surface area contributed by atoms with E-state index in [0.717, 1.165) is 5.56 Å². The van der Waals surface area contributed by atoms with E-state index in [4.69, 9.17) is 15.1 Å². The van der Waals surface area contributed by atoms with Crippen molar-refractivity contribution in [2.24, 2.45) is 0 Å². The predicted octanol–water partition coefficient (Wildman–Crippen LogP) is 2.75. The molecule has 0 bridgehead atoms. The maximum absolute atomic E-state index is 11.1. The molecule has 1 aromatic heterocycles. The highest BCUT2D eigenvalue weighted by atomic mass is 16.5. The molecule has 0 aliphatic rings. The number of aryl methyl sites for hydroxylation is 1. The molecule has 94 valence electrons. The van der Waals surface area contributed by atoms with Crippen LogP contribution in [0.5, 0.6) is 11.5 Å². The van der Waals surface area contributed by atoms with Crippen molar-refractivity contribution < 1.29 is 14.6 Å². The van der Waals surface area contributed by atoms with E-state index in [1.54, 1.807) is 18.2 Å². The monoisotopic (exact) mass is 254 g/mol. The van der Waals surface area contributed by atoms with Crippen LogP contribution in [0.4, 0.5) is 0 Å². The fourth-order valence-corrected chi connectivity index (χ4v) is 1.55. The molecular formula is C14H10N2O3. The summed E-state index contributed by atoms with van der Waals surface area (Å²) in [6.07, 6.45) is 1.43. The number of carboxylic acids is 1. The van der Waals surface area contributed by atoms with Crippen LogP contribution in [0.3, 0.4) is 0 Å². The second kappa shape index (κ2) is 5.19. The Labute approximate surface area is 109 Å². The number of nitriles is 1. The van der Waals surface area contributed by atoms with E-state index in [-0.39, 0.29) is 17.0 Å². The lowest BCUT2D eigenvalue weighted by Crippen LogP contribution is -2.00. The molecule has 1 heterocycles. The van der Waals surface area contributed by atoms with E-state index in [1.165, 1.54) is 18.3 Å². The van der Waals surface area contributed by atoms with E-state index in [0.29, 0.717) is 5.75 Å². The van der Waals surface area contributed by atoms with E-state index >= 15 is 0 Å². The molecule has 5 nitrogen and oxygen atoms in total. The number of aromatic nitrogens is 1. The van der Waals surface area contributed by atoms with Gasteiger partial charge in [0.05, 0.1) is 0 Å². The average molecular weight is 254 g/mol. The summed E-state index contributed by atoms with van der Waals surface area (Å²) >= 11 is 0. The van der Waals surface area contributed by atoms with Crippen LogP contribution in [-0.2, 0) is 0 Å². The summed E-state index contributed by atoms with van der Waals surface area (Å²) < 4.78 is 5.52. The van der Waals surface area contributed by atoms with Crippen molar-refractivity contribution in [1.82, 2.24) is 4.98 Å². The molecule has 0 saturated heterocycles. The molecule has 5 heteroatoms. The summed E-state index contributed by atoms with van der Waals surface area (Å²) in [7, 11) is 0. The normalized spacial score (nSPS) is 9.68. The summed E-state index contributed by atoms with van der Waals surface area (Å²) in [4.78, 5) is 14.9. The standard InChI is InChI=1S/C14H10N2O3/c1-9-2-3-12(14(17)18)13(6-9)19-11-4-5-16-10(7-11)8-15/h2-7H,1H3,(H,17,18). The molecule has 2 rings (SSSR count). The molecule has 1 aromatic carbocycles. The van der Waals surface area contributed by atoms with Crippen molar-refractivity contribution in [3.05, 3.63) is 53.3 Å². The average Bonchev–Trinajstić information content (AvgIpc) is 2.38. The van der Waals surface area contributed by atoms with E-state index in [1.807, 2.05) is 13.0 Å². The van der Waals surface area contributed by atoms with Crippen LogP contribution in [0.25, 0.3) is 0 Å². The Hall–Kier alpha value is -2.87. The molecule has 0 aliphatic heterocycles. The molecule has 2 aromatic rings. The van der Waals surface area contributed by atoms with Crippen molar-refractivity contribution in [1.29, 1.82) is 5.26 Å². The molecule has 19 heavy (non-hydrogen) atoms. The van der Waals surface area contributed by atoms with Gasteiger partial charge in [-0.1, -0.05) is 6.07 Å². The van der Waals surface area contributed by atoms with Crippen LogP contribution in [0, 0.1) is 18.3 Å². The van der Waals surface area contributed by atoms with Gasteiger partial charge in [-0.15, -0.1) is 0 Å². The minimum atomic E-state index is -1.07. The quantitative estimate of drug-likeness (QED) is 0.910. The van der Waals surface area contributed by atoms with Gasteiger partial charge in [-0.2, -0.15) is 5.26 Å². The maximum atomic E-state index is 11.1. The zero-order chi connectivity index (χ0) is 13.8. The molecule has 0 atom stereocenters. The van der Waals surface area contributed by atoms with Gasteiger partial charge in [-0.25, -0.2) is 9.78 Å². The number of carboxylic acid groups (broad SMARTS) is 1. The summed E-state index contributed by atoms with van der Waals surface area (Å²) in [5.41, 5.74) is 1.16. The lowest BCUT2D eigenvalue weighted by molar-refractivity contribution is 0.0694. The first-order valence-corrected chi connectivity index (χ1v) is 5.48. The van der Waals surface area contributed by atoms with Crippen molar-refractivity contribution >= 4 is 5.97 Å². The number of rotatable bonds is 3. The highest BCUT2D eigenvalue weighted by Gasteiger charge is 2.12. The third kappa shape index (κ3) is 2.87. The van der Waals surface area contributed by atoms with Crippen LogP contribution in [0.1, 0.15) is 21.6 Å². The summed E-state index contributed by atoms with van der Waals surface area (Å²) in [5, 5.41) is 17.8. The Bertz CT molecular complexity index is 675. The van der Waals surface area contributed by atoms with Gasteiger partial charge < -0.3 is 9.84 Å². The fourth-order valence-electron chi connectivity index (χ4n) is 1.55. The zero-order valence-electron chi connectivity index (χ0n) is 10.1. The Morgan fingerprint density at radius 1 is 1.37 bits per heavy atom. The minimum Gasteiger partial charge on any atom is -0.478 e. The minimum absolute atomic E-state index is 0.0703. The number of ether oxygens (including phenoxy) is 1. The number of aromatic carboxylic acids is 1. The van der Waals surface area contributed by atoms with Crippen molar-refractivity contribution in [3.63, 3.8) is 0 Å². The van der Waals surface area contributed by atoms with Gasteiger partial charge in [0, 0.05) is 12.3 Å². The first-order chi connectivity index (χ1) is 9.10. The Morgan fingerprint density at radius 3 is 2.84 bits per heavy atom. The Morgan fingerprint density at radius 2 is 2.16 bits per heavy atom. The van der Waals surface area contributed by atoms with Gasteiger partial charge in [0.2, 0.25) is 0 Å². The second-order valence-electron chi connectivity index (χ2n) is 3.90. The molecule has 0 amide bonds. The first-order valence-electron chi connectivity index (χ1n) is 5.48. The molecule has 0 radical (unpaired) electrons. The highest BCUT2D eigenvalue weighted by molar-refractivity contribution is 5.91. The van der Waals surface area contributed by atoms with Crippen molar-refractivity contribution in [2.45, 2.75) is 6.92 Å². The second-order valence-corrected chi connectivity index (χ2v) is 3.90. The van der Waals surface area contributed by atoms with Crippen LogP contribution >= 0.6 is 0 Å². The SMILES string of the molecule is Cc1ccc(C(=O)O)c(Oc2ccnc(C#N)c2)c1. The van der Waals surface area contributed by atoms with Crippen molar-refractivity contribution in [3.8, 4) is 17.6 Å². The van der Waals surface area contributed by atoms with Gasteiger partial charge >= 0.3 is 5.97 Å². The van der Waals surface area contributed by atoms with Crippen LogP contribution in [0.15, 0.2) is 36.5 Å². The fraction of sp³-hybridized carbons (Fsp3) is 0.0714. The topological polar surface area (TPSA) is 83.2 Å². The number of pyridine rings is 1. The third-order valence-electron chi connectivity index (χ3n) is 2.44. The molecule has 0 aliphatic carbocycles. The molecule has 0 unspecified atom stereocenters. The number of hydrogen-bond acceptors (Lipinski definition) is 4. The van der Waals surface area contributed by atoms with Crippen LogP contribution in [0.2, 0.25) is 0 Å². The van der Waals surface area contributed by atoms with E-state index in [9.17, 15) is 4.79 Å². The number of hydrogen-bond donors (Lipinski definition) is 1. The van der Waals surface area contributed by atoms with Gasteiger partial charge in [0.15, 0.2) is 0 Å². The number of benzene rings is 1. The summed E-state index contributed by atoms with van der Waals surface area (Å²) in [5.74, 6) is -0.452. The van der Waals surface area contributed by atoms with E-state index in [2.05, 4.69) is 4.98 Å². The van der Waals surface area contributed by atoms with Gasteiger partial charge in [0.25, 0.3) is 0 Å². The van der Waals surface area contributed by atoms with Crippen LogP contribution in [-0.4, -0.2) is 16.1 Å². The van der Waals surface area contributed by atoms with E-state index < -0.39 is 5.97 Å². The predicted molar refractivity (Wildman–Crippen MR) is 67.2 cm³/mol. The summed E-state index contributed by atoms with van der Waals surface area (Å²) in [6.45, 7) is 1.84. The van der Waals surface area contributed by atoms with Crippen LogP contribution < -0.4 is 4.74 Å². The molecule has 0 fully saturated rings. The number of carbonyl (C=O) groups is 1. The zero-order valence-corrected chi connectivity index (χ0v) is 10.1. The molecule has 0 spiro atoms. The van der Waals surface area contributed by atoms with Gasteiger partial charge in [-0.3, -0.25) is 0 Å². The smallest absolute Gasteiger partial charge is 0.339 e. The van der Waals surface area contributed by atoms with Gasteiger partial charge in [-0.05, 0) is 30.7 Å². The van der Waals surface area contributed by atoms with Crippen molar-refractivity contribution in [2.75, 3.05) is 0 Å². The Kier molecular flexibility index (Phi) is 3.44. The number of nitrogens with zero attached hydrogens (tertiary/aromatic N) is 2. The third-order valence-corrected chi connectivity index (χ3v) is 2.44.